The topological polar surface area (TPSA) is 107 Å². The molecule has 0 saturated carbocycles. The number of carboxylic acids is 1. The van der Waals surface area contributed by atoms with Gasteiger partial charge in [0.1, 0.15) is 16.2 Å². The van der Waals surface area contributed by atoms with E-state index in [4.69, 9.17) is 0 Å². The third kappa shape index (κ3) is 10.2. The Balaban J connectivity index is 0.00000480. The molecule has 0 amide bonds. The van der Waals surface area contributed by atoms with Gasteiger partial charge in [-0.2, -0.15) is 0 Å². The molecule has 2 N–H and O–H groups in total. The molecule has 0 spiro atoms. The number of carbonyl (C=O) groups is 1. The molecule has 0 fully saturated rings. The van der Waals surface area contributed by atoms with Gasteiger partial charge in [-0.3, -0.25) is 0 Å². The summed E-state index contributed by atoms with van der Waals surface area (Å²) in [5.41, 5.74) is 2.60. The minimum Gasteiger partial charge on any atom is -0.744 e. The molecule has 0 aliphatic heterocycles. The Kier molecular flexibility index (Phi) is 12.4. The smallest absolute Gasteiger partial charge is 0.744 e. The van der Waals surface area contributed by atoms with Crippen LogP contribution in [0.4, 0.5) is 5.69 Å². The van der Waals surface area contributed by atoms with Gasteiger partial charge in [-0.05, 0) is 48.2 Å². The van der Waals surface area contributed by atoms with Crippen molar-refractivity contribution in [1.82, 2.24) is 0 Å². The first-order valence-electron chi connectivity index (χ1n) is 10.4. The van der Waals surface area contributed by atoms with E-state index in [1.807, 2.05) is 24.3 Å². The molecule has 0 radical (unpaired) electrons. The Bertz CT molecular complexity index is 899. The van der Waals surface area contributed by atoms with Gasteiger partial charge in [0.15, 0.2) is 0 Å². The summed E-state index contributed by atoms with van der Waals surface area (Å²) in [6.07, 6.45) is 8.84. The molecule has 2 aromatic rings. The molecule has 0 saturated heterocycles. The number of nitrogens with one attached hydrogen (secondary N) is 1. The summed E-state index contributed by atoms with van der Waals surface area (Å²) in [6.45, 7) is 2.21. The fourth-order valence-corrected chi connectivity index (χ4v) is 3.78. The van der Waals surface area contributed by atoms with Crippen molar-refractivity contribution in [2.24, 2.45) is 0 Å². The molecule has 8 heteroatoms. The minimum atomic E-state index is -4.52. The van der Waals surface area contributed by atoms with Crippen molar-refractivity contribution in [3.63, 3.8) is 0 Å². The summed E-state index contributed by atoms with van der Waals surface area (Å²) in [4.78, 5) is 11.3. The number of hydrogen-bond acceptors (Lipinski definition) is 5. The molecule has 0 aliphatic carbocycles. The third-order valence-electron chi connectivity index (χ3n) is 5.06. The number of aliphatic carboxylic acids is 1. The normalized spacial score (nSPS) is 12.1. The largest absolute Gasteiger partial charge is 1.00 e. The van der Waals surface area contributed by atoms with E-state index in [9.17, 15) is 22.9 Å². The minimum absolute atomic E-state index is 0. The van der Waals surface area contributed by atoms with Crippen LogP contribution in [0.1, 0.15) is 56.6 Å². The first-order valence-corrected chi connectivity index (χ1v) is 11.8. The van der Waals surface area contributed by atoms with E-state index >= 15 is 0 Å². The molecular formula is C23H30NNaO5S. The van der Waals surface area contributed by atoms with Crippen molar-refractivity contribution < 1.29 is 52.4 Å². The standard InChI is InChI=1S/C23H31NO5S.Na/c1-2-3-4-5-6-7-8-18-9-11-19(12-10-18)17-22(23(25)26)24-20-13-15-21(16-14-20)30(27,28)29;/h9-16,22,24H,2-8,17H2,1H3,(H,25,26)(H,27,28,29);/q;+1/p-1/t22-;/m0./s1. The van der Waals surface area contributed by atoms with Gasteiger partial charge in [0.25, 0.3) is 0 Å². The van der Waals surface area contributed by atoms with E-state index in [0.29, 0.717) is 5.69 Å². The van der Waals surface area contributed by atoms with Crippen LogP contribution in [-0.2, 0) is 27.8 Å². The summed E-state index contributed by atoms with van der Waals surface area (Å²) in [5, 5.41) is 12.4. The summed E-state index contributed by atoms with van der Waals surface area (Å²) < 4.78 is 33.0. The number of aryl methyl sites for hydroxylation is 1. The molecule has 0 bridgehead atoms. The van der Waals surface area contributed by atoms with Crippen molar-refractivity contribution in [1.29, 1.82) is 0 Å². The average Bonchev–Trinajstić information content (AvgIpc) is 2.71. The monoisotopic (exact) mass is 455 g/mol. The molecule has 2 aromatic carbocycles. The number of anilines is 1. The van der Waals surface area contributed by atoms with Gasteiger partial charge in [0.05, 0.1) is 4.90 Å². The van der Waals surface area contributed by atoms with E-state index < -0.39 is 22.1 Å². The maximum atomic E-state index is 11.6. The third-order valence-corrected chi connectivity index (χ3v) is 5.91. The van der Waals surface area contributed by atoms with Crippen molar-refractivity contribution in [2.75, 3.05) is 5.32 Å². The van der Waals surface area contributed by atoms with E-state index in [1.165, 1.54) is 61.9 Å². The molecule has 164 valence electrons. The zero-order valence-electron chi connectivity index (χ0n) is 18.3. The van der Waals surface area contributed by atoms with E-state index in [1.54, 1.807) is 0 Å². The first kappa shape index (κ1) is 27.7. The number of benzene rings is 2. The number of unbranched alkanes of at least 4 members (excludes halogenated alkanes) is 5. The molecule has 0 aromatic heterocycles. The second kappa shape index (κ2) is 13.9. The van der Waals surface area contributed by atoms with Crippen LogP contribution >= 0.6 is 0 Å². The number of rotatable bonds is 13. The van der Waals surface area contributed by atoms with Gasteiger partial charge in [0.2, 0.25) is 0 Å². The van der Waals surface area contributed by atoms with Gasteiger partial charge < -0.3 is 15.0 Å². The zero-order chi connectivity index (χ0) is 22.0. The van der Waals surface area contributed by atoms with Crippen LogP contribution in [-0.4, -0.2) is 30.1 Å². The first-order chi connectivity index (χ1) is 14.3. The van der Waals surface area contributed by atoms with Crippen molar-refractivity contribution in [2.45, 2.75) is 69.2 Å². The van der Waals surface area contributed by atoms with Crippen LogP contribution in [0.15, 0.2) is 53.4 Å². The SMILES string of the molecule is CCCCCCCCc1ccc(C[C@H](Nc2ccc(S(=O)(=O)[O-])cc2)C(=O)O)cc1.[Na+]. The molecule has 0 heterocycles. The van der Waals surface area contributed by atoms with Crippen LogP contribution < -0.4 is 34.9 Å². The van der Waals surface area contributed by atoms with Crippen molar-refractivity contribution in [3.05, 3.63) is 59.7 Å². The van der Waals surface area contributed by atoms with Gasteiger partial charge in [-0.1, -0.05) is 63.3 Å². The molecule has 6 nitrogen and oxygen atoms in total. The fourth-order valence-electron chi connectivity index (χ4n) is 3.31. The predicted octanol–water partition coefficient (Wildman–Crippen LogP) is 1.61. The molecular weight excluding hydrogens is 425 g/mol. The van der Waals surface area contributed by atoms with Crippen molar-refractivity contribution in [3.8, 4) is 0 Å². The molecule has 1 atom stereocenters. The van der Waals surface area contributed by atoms with Gasteiger partial charge in [-0.15, -0.1) is 0 Å². The Hall–Kier alpha value is -1.38. The van der Waals surface area contributed by atoms with Crippen LogP contribution in [0, 0.1) is 0 Å². The van der Waals surface area contributed by atoms with Gasteiger partial charge in [0, 0.05) is 12.1 Å². The fraction of sp³-hybridized carbons (Fsp3) is 0.435. The summed E-state index contributed by atoms with van der Waals surface area (Å²) >= 11 is 0. The maximum Gasteiger partial charge on any atom is 1.00 e. The van der Waals surface area contributed by atoms with Crippen LogP contribution in [0.25, 0.3) is 0 Å². The maximum absolute atomic E-state index is 11.6. The van der Waals surface area contributed by atoms with Gasteiger partial charge in [-0.25, -0.2) is 13.2 Å². The Morgan fingerprint density at radius 1 is 0.935 bits per heavy atom. The van der Waals surface area contributed by atoms with Crippen LogP contribution in [0.3, 0.4) is 0 Å². The quantitative estimate of drug-likeness (QED) is 0.270. The number of hydrogen-bond donors (Lipinski definition) is 2. The molecule has 31 heavy (non-hydrogen) atoms. The van der Waals surface area contributed by atoms with Crippen LogP contribution in [0.5, 0.6) is 0 Å². The summed E-state index contributed by atoms with van der Waals surface area (Å²) in [6, 6.07) is 12.3. The van der Waals surface area contributed by atoms with E-state index in [-0.39, 0.29) is 40.9 Å². The second-order valence-electron chi connectivity index (χ2n) is 7.55. The Morgan fingerprint density at radius 3 is 2.03 bits per heavy atom. The van der Waals surface area contributed by atoms with E-state index in [2.05, 4.69) is 12.2 Å². The number of carboxylic acid groups (broad SMARTS) is 1. The van der Waals surface area contributed by atoms with E-state index in [0.717, 1.165) is 18.4 Å². The zero-order valence-corrected chi connectivity index (χ0v) is 21.2. The molecule has 2 rings (SSSR count). The van der Waals surface area contributed by atoms with Crippen LogP contribution in [0.2, 0.25) is 0 Å². The molecule has 0 aliphatic rings. The Morgan fingerprint density at radius 2 is 1.48 bits per heavy atom. The predicted molar refractivity (Wildman–Crippen MR) is 117 cm³/mol. The van der Waals surface area contributed by atoms with Gasteiger partial charge >= 0.3 is 35.5 Å². The summed E-state index contributed by atoms with van der Waals surface area (Å²) in [7, 11) is -4.52. The molecule has 0 unspecified atom stereocenters. The van der Waals surface area contributed by atoms with Crippen molar-refractivity contribution >= 4 is 21.8 Å². The Labute approximate surface area is 207 Å². The second-order valence-corrected chi connectivity index (χ2v) is 8.93. The summed E-state index contributed by atoms with van der Waals surface area (Å²) in [5.74, 6) is -1.01. The average molecular weight is 456 g/mol.